The number of thiazole rings is 1. The summed E-state index contributed by atoms with van der Waals surface area (Å²) in [4.78, 5) is 5.47. The molecule has 0 aliphatic heterocycles. The van der Waals surface area contributed by atoms with Crippen LogP contribution in [0.1, 0.15) is 30.6 Å². The van der Waals surface area contributed by atoms with E-state index in [0.717, 1.165) is 18.3 Å². The van der Waals surface area contributed by atoms with Crippen LogP contribution in [0.2, 0.25) is 0 Å². The zero-order valence-corrected chi connectivity index (χ0v) is 9.67. The molecule has 1 aromatic rings. The second-order valence-electron chi connectivity index (χ2n) is 5.25. The van der Waals surface area contributed by atoms with Gasteiger partial charge in [-0.05, 0) is 37.5 Å². The second kappa shape index (κ2) is 3.56. The number of hydrogen-bond acceptors (Lipinski definition) is 3. The van der Waals surface area contributed by atoms with E-state index in [9.17, 15) is 5.11 Å². The Balaban J connectivity index is 1.82. The molecule has 0 aromatic carbocycles. The predicted molar refractivity (Wildman–Crippen MR) is 60.8 cm³/mol. The maximum Gasteiger partial charge on any atom is 0.0794 e. The van der Waals surface area contributed by atoms with Crippen molar-refractivity contribution >= 4 is 11.3 Å². The molecule has 15 heavy (non-hydrogen) atoms. The second-order valence-corrected chi connectivity index (χ2v) is 6.22. The summed E-state index contributed by atoms with van der Waals surface area (Å²) in [6.07, 6.45) is 8.36. The quantitative estimate of drug-likeness (QED) is 0.854. The number of aromatic nitrogens is 1. The number of aliphatic hydroxyl groups is 1. The third-order valence-electron chi connectivity index (χ3n) is 4.43. The van der Waals surface area contributed by atoms with Crippen molar-refractivity contribution in [2.75, 3.05) is 6.61 Å². The van der Waals surface area contributed by atoms with Crippen molar-refractivity contribution in [2.24, 2.45) is 17.3 Å². The number of rotatable bonds is 3. The molecule has 2 aliphatic carbocycles. The molecular weight excluding hydrogens is 206 g/mol. The molecule has 2 fully saturated rings. The van der Waals surface area contributed by atoms with Crippen LogP contribution in [0.3, 0.4) is 0 Å². The Morgan fingerprint density at radius 1 is 1.53 bits per heavy atom. The van der Waals surface area contributed by atoms with E-state index >= 15 is 0 Å². The minimum absolute atomic E-state index is 0.204. The molecule has 1 heterocycles. The molecule has 0 saturated heterocycles. The molecule has 3 atom stereocenters. The van der Waals surface area contributed by atoms with E-state index < -0.39 is 0 Å². The molecule has 2 saturated carbocycles. The van der Waals surface area contributed by atoms with Gasteiger partial charge in [0.2, 0.25) is 0 Å². The molecule has 1 N–H and O–H groups in total. The Hall–Kier alpha value is -0.410. The van der Waals surface area contributed by atoms with E-state index in [2.05, 4.69) is 4.98 Å². The number of aliphatic hydroxyl groups excluding tert-OH is 1. The van der Waals surface area contributed by atoms with Gasteiger partial charge in [-0.1, -0.05) is 6.42 Å². The van der Waals surface area contributed by atoms with Gasteiger partial charge in [-0.15, -0.1) is 11.3 Å². The summed E-state index contributed by atoms with van der Waals surface area (Å²) in [6, 6.07) is 0. The highest BCUT2D eigenvalue weighted by Gasteiger charge is 2.50. The number of hydrogen-bond donors (Lipinski definition) is 1. The predicted octanol–water partition coefficient (Wildman–Crippen LogP) is 2.48. The summed E-state index contributed by atoms with van der Waals surface area (Å²) in [5.74, 6) is 1.67. The van der Waals surface area contributed by atoms with Gasteiger partial charge < -0.3 is 5.11 Å². The summed E-state index contributed by atoms with van der Waals surface area (Å²) < 4.78 is 0. The first kappa shape index (κ1) is 9.79. The average Bonchev–Trinajstić information content (AvgIpc) is 2.93. The fourth-order valence-electron chi connectivity index (χ4n) is 3.70. The van der Waals surface area contributed by atoms with Gasteiger partial charge in [0, 0.05) is 23.1 Å². The van der Waals surface area contributed by atoms with Crippen molar-refractivity contribution in [3.63, 3.8) is 0 Å². The van der Waals surface area contributed by atoms with E-state index in [-0.39, 0.29) is 5.41 Å². The molecular formula is C12H17NOS. The lowest BCUT2D eigenvalue weighted by Crippen LogP contribution is -2.33. The standard InChI is InChI=1S/C12H17NOS/c14-7-12(5-11-6-13-8-15-11)4-9-1-2-10(12)3-9/h6,8-10,14H,1-5,7H2. The van der Waals surface area contributed by atoms with E-state index in [1.54, 1.807) is 11.3 Å². The van der Waals surface area contributed by atoms with Crippen LogP contribution in [-0.2, 0) is 6.42 Å². The van der Waals surface area contributed by atoms with Crippen molar-refractivity contribution in [1.29, 1.82) is 0 Å². The van der Waals surface area contributed by atoms with Crippen LogP contribution < -0.4 is 0 Å². The molecule has 3 unspecified atom stereocenters. The number of nitrogens with zero attached hydrogens (tertiary/aromatic N) is 1. The maximum absolute atomic E-state index is 9.72. The van der Waals surface area contributed by atoms with Gasteiger partial charge >= 0.3 is 0 Å². The normalized spacial score (nSPS) is 38.7. The smallest absolute Gasteiger partial charge is 0.0794 e. The van der Waals surface area contributed by atoms with Crippen LogP contribution in [-0.4, -0.2) is 16.7 Å². The molecule has 3 heteroatoms. The SMILES string of the molecule is OCC1(Cc2cncs2)CC2CCC1C2. The molecule has 0 radical (unpaired) electrons. The first-order valence-corrected chi connectivity index (χ1v) is 6.68. The maximum atomic E-state index is 9.72. The lowest BCUT2D eigenvalue weighted by atomic mass is 9.71. The van der Waals surface area contributed by atoms with Gasteiger partial charge in [-0.3, -0.25) is 4.98 Å². The van der Waals surface area contributed by atoms with E-state index in [4.69, 9.17) is 0 Å². The van der Waals surface area contributed by atoms with Gasteiger partial charge in [-0.2, -0.15) is 0 Å². The Labute approximate surface area is 94.4 Å². The van der Waals surface area contributed by atoms with Crippen molar-refractivity contribution < 1.29 is 5.11 Å². The molecule has 3 rings (SSSR count). The topological polar surface area (TPSA) is 33.1 Å². The highest BCUT2D eigenvalue weighted by Crippen LogP contribution is 2.57. The zero-order chi connectivity index (χ0) is 10.3. The van der Waals surface area contributed by atoms with Gasteiger partial charge in [0.25, 0.3) is 0 Å². The van der Waals surface area contributed by atoms with Gasteiger partial charge in [0.1, 0.15) is 0 Å². The first-order chi connectivity index (χ1) is 7.32. The minimum atomic E-state index is 0.204. The van der Waals surface area contributed by atoms with Gasteiger partial charge in [0.05, 0.1) is 5.51 Å². The monoisotopic (exact) mass is 223 g/mol. The minimum Gasteiger partial charge on any atom is -0.396 e. The fraction of sp³-hybridized carbons (Fsp3) is 0.750. The van der Waals surface area contributed by atoms with E-state index in [0.29, 0.717) is 6.61 Å². The summed E-state index contributed by atoms with van der Waals surface area (Å²) in [5, 5.41) is 9.72. The Kier molecular flexibility index (Phi) is 2.33. The molecule has 0 spiro atoms. The lowest BCUT2D eigenvalue weighted by molar-refractivity contribution is 0.0659. The number of fused-ring (bicyclic) bond motifs is 2. The molecule has 1 aromatic heterocycles. The summed E-state index contributed by atoms with van der Waals surface area (Å²) in [5.41, 5.74) is 2.10. The third-order valence-corrected chi connectivity index (χ3v) is 5.21. The fourth-order valence-corrected chi connectivity index (χ4v) is 4.45. The average molecular weight is 223 g/mol. The van der Waals surface area contributed by atoms with Crippen molar-refractivity contribution in [3.05, 3.63) is 16.6 Å². The largest absolute Gasteiger partial charge is 0.396 e. The van der Waals surface area contributed by atoms with Crippen LogP contribution >= 0.6 is 11.3 Å². The van der Waals surface area contributed by atoms with Crippen LogP contribution in [0.15, 0.2) is 11.7 Å². The Morgan fingerprint density at radius 3 is 3.00 bits per heavy atom. The third kappa shape index (κ3) is 1.53. The van der Waals surface area contributed by atoms with Gasteiger partial charge in [0.15, 0.2) is 0 Å². The highest BCUT2D eigenvalue weighted by molar-refractivity contribution is 7.09. The van der Waals surface area contributed by atoms with Crippen LogP contribution in [0, 0.1) is 17.3 Å². The van der Waals surface area contributed by atoms with Crippen molar-refractivity contribution in [3.8, 4) is 0 Å². The zero-order valence-electron chi connectivity index (χ0n) is 8.85. The summed E-state index contributed by atoms with van der Waals surface area (Å²) in [6.45, 7) is 0.367. The molecule has 0 amide bonds. The van der Waals surface area contributed by atoms with E-state index in [1.165, 1.54) is 30.6 Å². The molecule has 2 aliphatic rings. The summed E-state index contributed by atoms with van der Waals surface area (Å²) in [7, 11) is 0. The molecule has 2 nitrogen and oxygen atoms in total. The van der Waals surface area contributed by atoms with Crippen molar-refractivity contribution in [2.45, 2.75) is 32.1 Å². The van der Waals surface area contributed by atoms with Crippen LogP contribution in [0.25, 0.3) is 0 Å². The summed E-state index contributed by atoms with van der Waals surface area (Å²) >= 11 is 1.73. The van der Waals surface area contributed by atoms with Gasteiger partial charge in [-0.25, -0.2) is 0 Å². The van der Waals surface area contributed by atoms with Crippen LogP contribution in [0.5, 0.6) is 0 Å². The molecule has 2 bridgehead atoms. The lowest BCUT2D eigenvalue weighted by Gasteiger charge is -2.35. The first-order valence-electron chi connectivity index (χ1n) is 5.81. The van der Waals surface area contributed by atoms with Crippen LogP contribution in [0.4, 0.5) is 0 Å². The molecule has 82 valence electrons. The Bertz CT molecular complexity index is 337. The van der Waals surface area contributed by atoms with E-state index in [1.807, 2.05) is 11.7 Å². The van der Waals surface area contributed by atoms with Crippen molar-refractivity contribution in [1.82, 2.24) is 4.98 Å². The highest BCUT2D eigenvalue weighted by atomic mass is 32.1. The Morgan fingerprint density at radius 2 is 2.47 bits per heavy atom.